The highest BCUT2D eigenvalue weighted by molar-refractivity contribution is 7.87. The Labute approximate surface area is 126 Å². The summed E-state index contributed by atoms with van der Waals surface area (Å²) in [5.74, 6) is 0. The number of nitrogens with one attached hydrogen (secondary N) is 2. The Bertz CT molecular complexity index is 595. The zero-order valence-corrected chi connectivity index (χ0v) is 13.1. The minimum Gasteiger partial charge on any atom is -0.385 e. The topological polar surface area (TPSA) is 61.4 Å². The summed E-state index contributed by atoms with van der Waals surface area (Å²) in [6, 6.07) is 6.30. The molecular weight excluding hydrogens is 286 g/mol. The zero-order chi connectivity index (χ0) is 14.7. The molecule has 0 spiro atoms. The smallest absolute Gasteiger partial charge is 0.279 e. The van der Waals surface area contributed by atoms with Gasteiger partial charge in [0.15, 0.2) is 0 Å². The fourth-order valence-corrected chi connectivity index (χ4v) is 4.41. The van der Waals surface area contributed by atoms with E-state index >= 15 is 0 Å². The molecule has 0 saturated carbocycles. The Morgan fingerprint density at radius 3 is 2.81 bits per heavy atom. The highest BCUT2D eigenvalue weighted by atomic mass is 32.2. The first kappa shape index (κ1) is 14.8. The van der Waals surface area contributed by atoms with Gasteiger partial charge in [-0.05, 0) is 43.2 Å². The minimum atomic E-state index is -3.29. The molecule has 1 saturated heterocycles. The van der Waals surface area contributed by atoms with Crippen molar-refractivity contribution in [3.05, 3.63) is 29.3 Å². The molecule has 2 aliphatic heterocycles. The fraction of sp³-hybridized carbons (Fsp3) is 0.600. The van der Waals surface area contributed by atoms with Gasteiger partial charge in [-0.25, -0.2) is 4.72 Å². The third kappa shape index (κ3) is 3.39. The largest absolute Gasteiger partial charge is 0.385 e. The fourth-order valence-electron chi connectivity index (χ4n) is 3.12. The second-order valence-electron chi connectivity index (χ2n) is 5.74. The van der Waals surface area contributed by atoms with Gasteiger partial charge in [-0.3, -0.25) is 0 Å². The monoisotopic (exact) mass is 309 g/mol. The molecular formula is C15H23N3O2S. The first-order valence-corrected chi connectivity index (χ1v) is 9.20. The molecule has 6 heteroatoms. The molecule has 0 unspecified atom stereocenters. The Hall–Kier alpha value is -1.11. The molecule has 1 aromatic carbocycles. The first-order valence-electron chi connectivity index (χ1n) is 7.76. The number of anilines is 1. The summed E-state index contributed by atoms with van der Waals surface area (Å²) < 4.78 is 28.5. The van der Waals surface area contributed by atoms with E-state index in [0.29, 0.717) is 19.6 Å². The van der Waals surface area contributed by atoms with Crippen LogP contribution >= 0.6 is 0 Å². The van der Waals surface area contributed by atoms with Gasteiger partial charge >= 0.3 is 0 Å². The third-order valence-electron chi connectivity index (χ3n) is 4.25. The summed E-state index contributed by atoms with van der Waals surface area (Å²) >= 11 is 0. The molecule has 2 aliphatic rings. The maximum atomic E-state index is 12.1. The normalized spacial score (nSPS) is 19.2. The number of aryl methyl sites for hydroxylation is 1. The minimum absolute atomic E-state index is 0.455. The lowest BCUT2D eigenvalue weighted by Crippen LogP contribution is -2.39. The van der Waals surface area contributed by atoms with E-state index in [1.165, 1.54) is 16.8 Å². The van der Waals surface area contributed by atoms with Crippen molar-refractivity contribution in [3.63, 3.8) is 0 Å². The number of fused-ring (bicyclic) bond motifs is 1. The van der Waals surface area contributed by atoms with Crippen molar-refractivity contribution in [1.82, 2.24) is 9.03 Å². The average Bonchev–Trinajstić information content (AvgIpc) is 3.02. The molecule has 2 N–H and O–H groups in total. The lowest BCUT2D eigenvalue weighted by atomic mass is 9.98. The maximum Gasteiger partial charge on any atom is 0.279 e. The van der Waals surface area contributed by atoms with Crippen LogP contribution in [0.2, 0.25) is 0 Å². The van der Waals surface area contributed by atoms with Gasteiger partial charge in [-0.1, -0.05) is 18.2 Å². The maximum absolute atomic E-state index is 12.1. The summed E-state index contributed by atoms with van der Waals surface area (Å²) in [5, 5.41) is 3.45. The van der Waals surface area contributed by atoms with Gasteiger partial charge < -0.3 is 5.32 Å². The molecule has 0 aliphatic carbocycles. The third-order valence-corrected chi connectivity index (χ3v) is 5.86. The molecule has 0 radical (unpaired) electrons. The molecule has 5 nitrogen and oxygen atoms in total. The average molecular weight is 309 g/mol. The van der Waals surface area contributed by atoms with Crippen molar-refractivity contribution < 1.29 is 8.42 Å². The molecule has 2 heterocycles. The van der Waals surface area contributed by atoms with E-state index in [9.17, 15) is 8.42 Å². The summed E-state index contributed by atoms with van der Waals surface area (Å²) in [7, 11) is -3.29. The first-order chi connectivity index (χ1) is 10.2. The van der Waals surface area contributed by atoms with Gasteiger partial charge in [0.05, 0.1) is 0 Å². The van der Waals surface area contributed by atoms with Gasteiger partial charge in [0.1, 0.15) is 0 Å². The van der Waals surface area contributed by atoms with E-state index in [2.05, 4.69) is 28.2 Å². The van der Waals surface area contributed by atoms with E-state index in [0.717, 1.165) is 38.6 Å². The molecule has 0 aromatic heterocycles. The summed E-state index contributed by atoms with van der Waals surface area (Å²) in [6.07, 6.45) is 4.94. The molecule has 1 fully saturated rings. The lowest BCUT2D eigenvalue weighted by Gasteiger charge is -2.21. The lowest BCUT2D eigenvalue weighted by molar-refractivity contribution is 0.465. The van der Waals surface area contributed by atoms with Crippen molar-refractivity contribution in [2.45, 2.75) is 32.1 Å². The molecule has 3 rings (SSSR count). The van der Waals surface area contributed by atoms with Crippen LogP contribution in [0, 0.1) is 0 Å². The highest BCUT2D eigenvalue weighted by Crippen LogP contribution is 2.26. The van der Waals surface area contributed by atoms with Crippen molar-refractivity contribution in [2.24, 2.45) is 0 Å². The molecule has 0 bridgehead atoms. The van der Waals surface area contributed by atoms with Crippen LogP contribution in [0.3, 0.4) is 0 Å². The van der Waals surface area contributed by atoms with E-state index < -0.39 is 10.2 Å². The highest BCUT2D eigenvalue weighted by Gasteiger charge is 2.24. The van der Waals surface area contributed by atoms with E-state index in [-0.39, 0.29) is 0 Å². The Balaban J connectivity index is 1.61. The number of hydrogen-bond donors (Lipinski definition) is 2. The predicted molar refractivity (Wildman–Crippen MR) is 84.7 cm³/mol. The van der Waals surface area contributed by atoms with Crippen LogP contribution in [-0.4, -0.2) is 38.9 Å². The standard InChI is InChI=1S/C15H23N3O2S/c19-21(20,18-11-1-2-12-18)17-10-8-14-6-3-5-13-7-4-9-16-15(13)14/h3,5-6,16-17H,1-2,4,7-12H2. The molecule has 21 heavy (non-hydrogen) atoms. The SMILES string of the molecule is O=S(=O)(NCCc1cccc2c1NCCC2)N1CCCC1. The number of benzene rings is 1. The van der Waals surface area contributed by atoms with Crippen LogP contribution in [0.5, 0.6) is 0 Å². The van der Waals surface area contributed by atoms with Crippen LogP contribution in [0.15, 0.2) is 18.2 Å². The zero-order valence-electron chi connectivity index (χ0n) is 12.3. The Morgan fingerprint density at radius 2 is 2.00 bits per heavy atom. The van der Waals surface area contributed by atoms with Gasteiger partial charge in [0.2, 0.25) is 0 Å². The number of rotatable bonds is 5. The molecule has 1 aromatic rings. The van der Waals surface area contributed by atoms with Crippen molar-refractivity contribution in [3.8, 4) is 0 Å². The van der Waals surface area contributed by atoms with Crippen LogP contribution in [0.4, 0.5) is 5.69 Å². The number of para-hydroxylation sites is 1. The number of nitrogens with zero attached hydrogens (tertiary/aromatic N) is 1. The van der Waals surface area contributed by atoms with E-state index in [1.807, 2.05) is 0 Å². The quantitative estimate of drug-likeness (QED) is 0.867. The van der Waals surface area contributed by atoms with Crippen LogP contribution in [-0.2, 0) is 23.1 Å². The predicted octanol–water partition coefficient (Wildman–Crippen LogP) is 1.52. The second kappa shape index (κ2) is 6.34. The van der Waals surface area contributed by atoms with Crippen LogP contribution < -0.4 is 10.0 Å². The van der Waals surface area contributed by atoms with E-state index in [4.69, 9.17) is 0 Å². The van der Waals surface area contributed by atoms with Gasteiger partial charge in [0, 0.05) is 31.9 Å². The van der Waals surface area contributed by atoms with Gasteiger partial charge in [0.25, 0.3) is 10.2 Å². The van der Waals surface area contributed by atoms with Gasteiger partial charge in [-0.15, -0.1) is 0 Å². The van der Waals surface area contributed by atoms with Crippen LogP contribution in [0.25, 0.3) is 0 Å². The van der Waals surface area contributed by atoms with E-state index in [1.54, 1.807) is 4.31 Å². The molecule has 0 atom stereocenters. The number of hydrogen-bond acceptors (Lipinski definition) is 3. The van der Waals surface area contributed by atoms with Gasteiger partial charge in [-0.2, -0.15) is 12.7 Å². The van der Waals surface area contributed by atoms with Crippen molar-refractivity contribution >= 4 is 15.9 Å². The Kier molecular flexibility index (Phi) is 4.47. The summed E-state index contributed by atoms with van der Waals surface area (Å²) in [4.78, 5) is 0. The second-order valence-corrected chi connectivity index (χ2v) is 7.49. The summed E-state index contributed by atoms with van der Waals surface area (Å²) in [5.41, 5.74) is 3.77. The molecule has 0 amide bonds. The summed E-state index contributed by atoms with van der Waals surface area (Å²) in [6.45, 7) is 2.76. The van der Waals surface area contributed by atoms with Crippen molar-refractivity contribution in [2.75, 3.05) is 31.5 Å². The Morgan fingerprint density at radius 1 is 1.19 bits per heavy atom. The van der Waals surface area contributed by atoms with Crippen LogP contribution in [0.1, 0.15) is 30.4 Å². The molecule has 116 valence electrons. The van der Waals surface area contributed by atoms with Crippen molar-refractivity contribution in [1.29, 1.82) is 0 Å².